The average Bonchev–Trinajstić information content (AvgIpc) is 2.80. The number of benzene rings is 1. The second kappa shape index (κ2) is 3.73. The van der Waals surface area contributed by atoms with Gasteiger partial charge in [0.2, 0.25) is 0 Å². The van der Waals surface area contributed by atoms with Crippen LogP contribution in [-0.2, 0) is 16.1 Å². The number of aryl methyl sites for hydroxylation is 2. The van der Waals surface area contributed by atoms with Crippen LogP contribution in [0.4, 0.5) is 5.69 Å². The van der Waals surface area contributed by atoms with Gasteiger partial charge >= 0.3 is 5.97 Å². The molecular weight excluding hydrogens is 230 g/mol. The molecule has 1 unspecified atom stereocenters. The molecule has 0 spiro atoms. The summed E-state index contributed by atoms with van der Waals surface area (Å²) in [6, 6.07) is 3.91. The van der Waals surface area contributed by atoms with Crippen molar-refractivity contribution in [2.45, 2.75) is 32.9 Å². The van der Waals surface area contributed by atoms with E-state index < -0.39 is 0 Å². The van der Waals surface area contributed by atoms with E-state index in [1.165, 1.54) is 6.92 Å². The summed E-state index contributed by atoms with van der Waals surface area (Å²) in [7, 11) is 0. The lowest BCUT2D eigenvalue weighted by Gasteiger charge is -2.07. The summed E-state index contributed by atoms with van der Waals surface area (Å²) in [6.07, 6.45) is 0.567. The maximum absolute atomic E-state index is 11.1. The van der Waals surface area contributed by atoms with Gasteiger partial charge in [0, 0.05) is 25.6 Å². The summed E-state index contributed by atoms with van der Waals surface area (Å²) >= 11 is 0. The summed E-state index contributed by atoms with van der Waals surface area (Å²) in [6.45, 7) is 4.23. The number of aromatic nitrogens is 2. The summed E-state index contributed by atoms with van der Waals surface area (Å²) < 4.78 is 7.38. The molecule has 1 aromatic carbocycles. The van der Waals surface area contributed by atoms with E-state index in [2.05, 4.69) is 9.55 Å². The SMILES string of the molecule is CC(=O)OC1CCn2c1nc1cc(N)c(C)cc12. The van der Waals surface area contributed by atoms with Crippen molar-refractivity contribution in [2.24, 2.45) is 0 Å². The smallest absolute Gasteiger partial charge is 0.303 e. The zero-order valence-electron chi connectivity index (χ0n) is 10.4. The van der Waals surface area contributed by atoms with Gasteiger partial charge in [-0.25, -0.2) is 4.98 Å². The molecule has 1 aromatic heterocycles. The van der Waals surface area contributed by atoms with Gasteiger partial charge in [0.1, 0.15) is 0 Å². The fourth-order valence-electron chi connectivity index (χ4n) is 2.48. The lowest BCUT2D eigenvalue weighted by atomic mass is 10.2. The molecule has 0 bridgehead atoms. The molecule has 5 heteroatoms. The molecule has 18 heavy (non-hydrogen) atoms. The first-order chi connectivity index (χ1) is 8.56. The molecule has 1 aliphatic rings. The van der Waals surface area contributed by atoms with Gasteiger partial charge in [-0.1, -0.05) is 0 Å². The Labute approximate surface area is 105 Å². The van der Waals surface area contributed by atoms with Crippen LogP contribution in [0.3, 0.4) is 0 Å². The number of carbonyl (C=O) groups is 1. The first-order valence-corrected chi connectivity index (χ1v) is 5.99. The molecule has 0 amide bonds. The number of rotatable bonds is 1. The number of nitrogens with zero attached hydrogens (tertiary/aromatic N) is 2. The molecule has 1 atom stereocenters. The third-order valence-corrected chi connectivity index (χ3v) is 3.38. The van der Waals surface area contributed by atoms with Gasteiger partial charge in [0.15, 0.2) is 11.9 Å². The number of ether oxygens (including phenoxy) is 1. The second-order valence-electron chi connectivity index (χ2n) is 4.71. The predicted octanol–water partition coefficient (Wildman–Crippen LogP) is 1.93. The van der Waals surface area contributed by atoms with E-state index in [-0.39, 0.29) is 12.1 Å². The van der Waals surface area contributed by atoms with Crippen LogP contribution in [0, 0.1) is 6.92 Å². The molecule has 5 nitrogen and oxygen atoms in total. The monoisotopic (exact) mass is 245 g/mol. The summed E-state index contributed by atoms with van der Waals surface area (Å²) in [5.41, 5.74) is 9.59. The summed E-state index contributed by atoms with van der Waals surface area (Å²) in [5.74, 6) is 0.557. The average molecular weight is 245 g/mol. The van der Waals surface area contributed by atoms with Gasteiger partial charge in [-0.15, -0.1) is 0 Å². The number of fused-ring (bicyclic) bond motifs is 3. The van der Waals surface area contributed by atoms with Crippen molar-refractivity contribution in [2.75, 3.05) is 5.73 Å². The Kier molecular flexibility index (Phi) is 2.29. The Hall–Kier alpha value is -2.04. The van der Waals surface area contributed by atoms with Gasteiger partial charge in [-0.2, -0.15) is 0 Å². The summed E-state index contributed by atoms with van der Waals surface area (Å²) in [5, 5.41) is 0. The van der Waals surface area contributed by atoms with Crippen LogP contribution >= 0.6 is 0 Å². The number of hydrogen-bond donors (Lipinski definition) is 1. The molecule has 0 aliphatic carbocycles. The molecule has 0 radical (unpaired) electrons. The highest BCUT2D eigenvalue weighted by Crippen LogP contribution is 2.33. The van der Waals surface area contributed by atoms with E-state index in [9.17, 15) is 4.79 Å². The molecule has 0 saturated heterocycles. The number of nitrogens with two attached hydrogens (primary N) is 1. The molecule has 0 saturated carbocycles. The third kappa shape index (κ3) is 1.54. The predicted molar refractivity (Wildman–Crippen MR) is 68.0 cm³/mol. The second-order valence-corrected chi connectivity index (χ2v) is 4.71. The van der Waals surface area contributed by atoms with Crippen molar-refractivity contribution in [3.63, 3.8) is 0 Å². The van der Waals surface area contributed by atoms with Crippen molar-refractivity contribution >= 4 is 22.7 Å². The zero-order valence-corrected chi connectivity index (χ0v) is 10.4. The highest BCUT2D eigenvalue weighted by Gasteiger charge is 2.28. The van der Waals surface area contributed by atoms with Crippen molar-refractivity contribution in [1.29, 1.82) is 0 Å². The minimum atomic E-state index is -0.267. The standard InChI is InChI=1S/C13H15N3O2/c1-7-5-11-10(6-9(7)14)15-13-12(18-8(2)17)3-4-16(11)13/h5-6,12H,3-4,14H2,1-2H3. The number of esters is 1. The van der Waals surface area contributed by atoms with E-state index in [0.29, 0.717) is 0 Å². The van der Waals surface area contributed by atoms with E-state index >= 15 is 0 Å². The fourth-order valence-corrected chi connectivity index (χ4v) is 2.48. The quantitative estimate of drug-likeness (QED) is 0.615. The molecule has 3 rings (SSSR count). The lowest BCUT2D eigenvalue weighted by Crippen LogP contribution is -2.06. The van der Waals surface area contributed by atoms with E-state index in [1.54, 1.807) is 0 Å². The zero-order chi connectivity index (χ0) is 12.9. The number of carbonyl (C=O) groups excluding carboxylic acids is 1. The number of nitrogen functional groups attached to an aromatic ring is 1. The van der Waals surface area contributed by atoms with Crippen molar-refractivity contribution in [3.8, 4) is 0 Å². The molecule has 94 valence electrons. The van der Waals surface area contributed by atoms with Crippen LogP contribution in [-0.4, -0.2) is 15.5 Å². The molecular formula is C13H15N3O2. The van der Waals surface area contributed by atoms with Crippen molar-refractivity contribution < 1.29 is 9.53 Å². The number of anilines is 1. The van der Waals surface area contributed by atoms with Gasteiger partial charge in [-0.3, -0.25) is 4.79 Å². The topological polar surface area (TPSA) is 70.1 Å². The lowest BCUT2D eigenvalue weighted by molar-refractivity contribution is -0.146. The minimum absolute atomic E-state index is 0.226. The number of imidazole rings is 1. The van der Waals surface area contributed by atoms with Gasteiger partial charge in [-0.05, 0) is 24.6 Å². The first-order valence-electron chi connectivity index (χ1n) is 5.99. The van der Waals surface area contributed by atoms with E-state index in [4.69, 9.17) is 10.5 Å². The molecule has 2 heterocycles. The third-order valence-electron chi connectivity index (χ3n) is 3.38. The molecule has 2 N–H and O–H groups in total. The van der Waals surface area contributed by atoms with Crippen LogP contribution in [0.15, 0.2) is 12.1 Å². The van der Waals surface area contributed by atoms with Crippen molar-refractivity contribution in [3.05, 3.63) is 23.5 Å². The Balaban J connectivity index is 2.12. The van der Waals surface area contributed by atoms with Crippen LogP contribution in [0.25, 0.3) is 11.0 Å². The first kappa shape index (κ1) is 11.1. The largest absolute Gasteiger partial charge is 0.454 e. The maximum Gasteiger partial charge on any atom is 0.303 e. The Morgan fingerprint density at radius 3 is 3.06 bits per heavy atom. The Morgan fingerprint density at radius 2 is 2.33 bits per heavy atom. The minimum Gasteiger partial charge on any atom is -0.454 e. The fraction of sp³-hybridized carbons (Fsp3) is 0.385. The van der Waals surface area contributed by atoms with E-state index in [1.807, 2.05) is 19.1 Å². The molecule has 0 fully saturated rings. The van der Waals surface area contributed by atoms with Crippen LogP contribution in [0.1, 0.15) is 30.8 Å². The summed E-state index contributed by atoms with van der Waals surface area (Å²) in [4.78, 5) is 15.6. The Morgan fingerprint density at radius 1 is 1.56 bits per heavy atom. The van der Waals surface area contributed by atoms with Gasteiger partial charge in [0.25, 0.3) is 0 Å². The molecule has 2 aromatic rings. The van der Waals surface area contributed by atoms with Crippen LogP contribution in [0.5, 0.6) is 0 Å². The van der Waals surface area contributed by atoms with Gasteiger partial charge < -0.3 is 15.0 Å². The Bertz CT molecular complexity index is 645. The molecule has 1 aliphatic heterocycles. The normalized spacial score (nSPS) is 18.0. The van der Waals surface area contributed by atoms with E-state index in [0.717, 1.165) is 41.1 Å². The maximum atomic E-state index is 11.1. The highest BCUT2D eigenvalue weighted by atomic mass is 16.5. The number of hydrogen-bond acceptors (Lipinski definition) is 4. The van der Waals surface area contributed by atoms with Crippen LogP contribution in [0.2, 0.25) is 0 Å². The van der Waals surface area contributed by atoms with Gasteiger partial charge in [0.05, 0.1) is 11.0 Å². The van der Waals surface area contributed by atoms with Crippen LogP contribution < -0.4 is 5.73 Å². The highest BCUT2D eigenvalue weighted by molar-refractivity contribution is 5.82. The van der Waals surface area contributed by atoms with Crippen molar-refractivity contribution in [1.82, 2.24) is 9.55 Å².